The fourth-order valence-corrected chi connectivity index (χ4v) is 1.96. The number of hydrogen-bond donors (Lipinski definition) is 1. The number of hydrogen-bond acceptors (Lipinski definition) is 2. The van der Waals surface area contributed by atoms with E-state index in [1.54, 1.807) is 0 Å². The fourth-order valence-electron chi connectivity index (χ4n) is 1.96. The van der Waals surface area contributed by atoms with Crippen LogP contribution in [0, 0.1) is 0 Å². The van der Waals surface area contributed by atoms with Crippen molar-refractivity contribution in [3.05, 3.63) is 0 Å². The molecule has 1 aliphatic heterocycles. The molecule has 0 aromatic heterocycles. The van der Waals surface area contributed by atoms with Crippen LogP contribution in [-0.4, -0.2) is 35.2 Å². The van der Waals surface area contributed by atoms with Gasteiger partial charge in [-0.05, 0) is 38.8 Å². The quantitative estimate of drug-likeness (QED) is 0.647. The molecule has 2 fully saturated rings. The zero-order valence-electron chi connectivity index (χ0n) is 6.70. The molecule has 0 bridgehead atoms. The third-order valence-electron chi connectivity index (χ3n) is 2.75. The van der Waals surface area contributed by atoms with Crippen molar-refractivity contribution < 1.29 is 5.11 Å². The first kappa shape index (κ1) is 9.30. The second kappa shape index (κ2) is 3.74. The SMILES string of the molecule is Cl.OC1CC(N2CCCC2)C1. The van der Waals surface area contributed by atoms with Gasteiger partial charge < -0.3 is 10.0 Å². The molecule has 1 N–H and O–H groups in total. The van der Waals surface area contributed by atoms with Crippen LogP contribution < -0.4 is 0 Å². The van der Waals surface area contributed by atoms with Crippen LogP contribution in [0.2, 0.25) is 0 Å². The maximum absolute atomic E-state index is 9.05. The van der Waals surface area contributed by atoms with Gasteiger partial charge in [0.05, 0.1) is 6.10 Å². The average molecular weight is 178 g/mol. The zero-order chi connectivity index (χ0) is 6.97. The van der Waals surface area contributed by atoms with Gasteiger partial charge in [-0.1, -0.05) is 0 Å². The maximum Gasteiger partial charge on any atom is 0.0570 e. The highest BCUT2D eigenvalue weighted by atomic mass is 35.5. The molecule has 0 spiro atoms. The predicted molar refractivity (Wildman–Crippen MR) is 47.1 cm³/mol. The summed E-state index contributed by atoms with van der Waals surface area (Å²) in [7, 11) is 0. The summed E-state index contributed by atoms with van der Waals surface area (Å²) in [6.07, 6.45) is 4.81. The van der Waals surface area contributed by atoms with Crippen LogP contribution in [0.25, 0.3) is 0 Å². The Labute approximate surface area is 74.0 Å². The molecule has 0 aromatic rings. The lowest BCUT2D eigenvalue weighted by molar-refractivity contribution is 0.0114. The van der Waals surface area contributed by atoms with Crippen LogP contribution >= 0.6 is 12.4 Å². The molecule has 2 aliphatic rings. The van der Waals surface area contributed by atoms with Crippen LogP contribution in [0.4, 0.5) is 0 Å². The molecule has 3 heteroatoms. The summed E-state index contributed by atoms with van der Waals surface area (Å²) >= 11 is 0. The second-order valence-electron chi connectivity index (χ2n) is 3.52. The summed E-state index contributed by atoms with van der Waals surface area (Å²) in [5.41, 5.74) is 0. The molecule has 1 aliphatic carbocycles. The normalized spacial score (nSPS) is 37.9. The van der Waals surface area contributed by atoms with E-state index in [2.05, 4.69) is 4.90 Å². The lowest BCUT2D eigenvalue weighted by Gasteiger charge is -2.38. The highest BCUT2D eigenvalue weighted by Gasteiger charge is 2.32. The van der Waals surface area contributed by atoms with Crippen LogP contribution in [0.1, 0.15) is 25.7 Å². The van der Waals surface area contributed by atoms with Gasteiger partial charge in [0.2, 0.25) is 0 Å². The number of aliphatic hydroxyl groups is 1. The monoisotopic (exact) mass is 177 g/mol. The Balaban J connectivity index is 0.000000605. The average Bonchev–Trinajstić information content (AvgIpc) is 2.31. The molecule has 1 saturated carbocycles. The molecular formula is C8H16ClNO. The van der Waals surface area contributed by atoms with Gasteiger partial charge in [0.15, 0.2) is 0 Å². The molecule has 2 nitrogen and oxygen atoms in total. The minimum absolute atomic E-state index is 0. The van der Waals surface area contributed by atoms with Crippen molar-refractivity contribution in [2.75, 3.05) is 13.1 Å². The van der Waals surface area contributed by atoms with E-state index in [9.17, 15) is 0 Å². The lowest BCUT2D eigenvalue weighted by atomic mass is 9.88. The number of halogens is 1. The smallest absolute Gasteiger partial charge is 0.0570 e. The standard InChI is InChI=1S/C8H15NO.ClH/c10-8-5-7(6-8)9-3-1-2-4-9;/h7-8,10H,1-6H2;1H. The maximum atomic E-state index is 9.05. The van der Waals surface area contributed by atoms with Gasteiger partial charge in [-0.25, -0.2) is 0 Å². The van der Waals surface area contributed by atoms with Crippen molar-refractivity contribution in [3.8, 4) is 0 Å². The van der Waals surface area contributed by atoms with E-state index < -0.39 is 0 Å². The van der Waals surface area contributed by atoms with E-state index in [1.165, 1.54) is 25.9 Å². The Hall–Kier alpha value is 0.210. The van der Waals surface area contributed by atoms with Gasteiger partial charge >= 0.3 is 0 Å². The number of rotatable bonds is 1. The summed E-state index contributed by atoms with van der Waals surface area (Å²) in [6, 6.07) is 0.734. The Bertz CT molecular complexity index is 119. The first-order valence-corrected chi connectivity index (χ1v) is 4.28. The Morgan fingerprint density at radius 1 is 1.09 bits per heavy atom. The molecule has 0 radical (unpaired) electrons. The molecule has 0 atom stereocenters. The van der Waals surface area contributed by atoms with Gasteiger partial charge in [0, 0.05) is 6.04 Å². The third kappa shape index (κ3) is 1.86. The first-order chi connectivity index (χ1) is 4.86. The van der Waals surface area contributed by atoms with E-state index in [4.69, 9.17) is 5.11 Å². The fraction of sp³-hybridized carbons (Fsp3) is 1.00. The van der Waals surface area contributed by atoms with Gasteiger partial charge in [-0.2, -0.15) is 0 Å². The number of aliphatic hydroxyl groups excluding tert-OH is 1. The lowest BCUT2D eigenvalue weighted by Crippen LogP contribution is -2.45. The molecule has 1 saturated heterocycles. The second-order valence-corrected chi connectivity index (χ2v) is 3.52. The van der Waals surface area contributed by atoms with Gasteiger partial charge in [0.25, 0.3) is 0 Å². The van der Waals surface area contributed by atoms with E-state index in [1.807, 2.05) is 0 Å². The third-order valence-corrected chi connectivity index (χ3v) is 2.75. The largest absolute Gasteiger partial charge is 0.393 e. The van der Waals surface area contributed by atoms with Crippen molar-refractivity contribution in [2.45, 2.75) is 37.8 Å². The van der Waals surface area contributed by atoms with Crippen LogP contribution in [0.15, 0.2) is 0 Å². The zero-order valence-corrected chi connectivity index (χ0v) is 7.52. The Morgan fingerprint density at radius 3 is 2.09 bits per heavy atom. The van der Waals surface area contributed by atoms with E-state index in [0.29, 0.717) is 0 Å². The molecular weight excluding hydrogens is 162 g/mol. The summed E-state index contributed by atoms with van der Waals surface area (Å²) in [5.74, 6) is 0. The van der Waals surface area contributed by atoms with E-state index in [0.717, 1.165) is 18.9 Å². The van der Waals surface area contributed by atoms with Crippen molar-refractivity contribution in [1.82, 2.24) is 4.90 Å². The Kier molecular flexibility index (Phi) is 3.16. The topological polar surface area (TPSA) is 23.5 Å². The summed E-state index contributed by atoms with van der Waals surface area (Å²) < 4.78 is 0. The van der Waals surface area contributed by atoms with Crippen molar-refractivity contribution in [1.29, 1.82) is 0 Å². The summed E-state index contributed by atoms with van der Waals surface area (Å²) in [4.78, 5) is 2.52. The molecule has 0 aromatic carbocycles. The molecule has 66 valence electrons. The summed E-state index contributed by atoms with van der Waals surface area (Å²) in [6.45, 7) is 2.55. The molecule has 1 heterocycles. The van der Waals surface area contributed by atoms with Crippen LogP contribution in [0.5, 0.6) is 0 Å². The number of nitrogens with zero attached hydrogens (tertiary/aromatic N) is 1. The van der Waals surface area contributed by atoms with Crippen LogP contribution in [0.3, 0.4) is 0 Å². The first-order valence-electron chi connectivity index (χ1n) is 4.28. The summed E-state index contributed by atoms with van der Waals surface area (Å²) in [5, 5.41) is 9.05. The van der Waals surface area contributed by atoms with Crippen molar-refractivity contribution >= 4 is 12.4 Å². The molecule has 2 rings (SSSR count). The van der Waals surface area contributed by atoms with Gasteiger partial charge in [-0.3, -0.25) is 0 Å². The molecule has 11 heavy (non-hydrogen) atoms. The Morgan fingerprint density at radius 2 is 1.64 bits per heavy atom. The molecule has 0 amide bonds. The predicted octanol–water partition coefficient (Wildman–Crippen LogP) is 1.03. The van der Waals surface area contributed by atoms with E-state index in [-0.39, 0.29) is 18.5 Å². The van der Waals surface area contributed by atoms with Gasteiger partial charge in [0.1, 0.15) is 0 Å². The highest BCUT2D eigenvalue weighted by Crippen LogP contribution is 2.27. The van der Waals surface area contributed by atoms with E-state index >= 15 is 0 Å². The molecule has 0 unspecified atom stereocenters. The minimum atomic E-state index is 0. The van der Waals surface area contributed by atoms with Crippen molar-refractivity contribution in [3.63, 3.8) is 0 Å². The van der Waals surface area contributed by atoms with Gasteiger partial charge in [-0.15, -0.1) is 12.4 Å². The highest BCUT2D eigenvalue weighted by molar-refractivity contribution is 5.85. The minimum Gasteiger partial charge on any atom is -0.393 e. The van der Waals surface area contributed by atoms with Crippen molar-refractivity contribution in [2.24, 2.45) is 0 Å². The number of likely N-dealkylation sites (tertiary alicyclic amines) is 1. The van der Waals surface area contributed by atoms with Crippen LogP contribution in [-0.2, 0) is 0 Å².